The van der Waals surface area contributed by atoms with Gasteiger partial charge in [0.05, 0.1) is 13.2 Å². The van der Waals surface area contributed by atoms with Gasteiger partial charge in [0, 0.05) is 26.2 Å². The van der Waals surface area contributed by atoms with E-state index in [0.29, 0.717) is 0 Å². The van der Waals surface area contributed by atoms with Gasteiger partial charge in [-0.15, -0.1) is 0 Å². The van der Waals surface area contributed by atoms with Crippen molar-refractivity contribution >= 4 is 45.2 Å². The van der Waals surface area contributed by atoms with Crippen molar-refractivity contribution in [2.24, 2.45) is 0 Å². The van der Waals surface area contributed by atoms with Crippen LogP contribution in [0.15, 0.2) is 12.1 Å². The van der Waals surface area contributed by atoms with E-state index in [9.17, 15) is 9.50 Å². The van der Waals surface area contributed by atoms with Gasteiger partial charge in [-0.05, 0) is 62.9 Å². The molecule has 0 unspecified atom stereocenters. The van der Waals surface area contributed by atoms with E-state index in [2.05, 4.69) is 55.4 Å². The molecule has 1 aliphatic rings. The first kappa shape index (κ1) is 14.7. The molecule has 1 aliphatic heterocycles. The second-order valence-electron chi connectivity index (χ2n) is 4.29. The lowest BCUT2D eigenvalue weighted by molar-refractivity contribution is 0.147. The molecule has 1 fully saturated rings. The summed E-state index contributed by atoms with van der Waals surface area (Å²) in [6.07, 6.45) is 0. The fourth-order valence-electron chi connectivity index (χ4n) is 2.17. The van der Waals surface area contributed by atoms with Crippen molar-refractivity contribution < 1.29 is 9.50 Å². The number of halogens is 3. The van der Waals surface area contributed by atoms with Crippen LogP contribution in [0.4, 0.5) is 4.39 Å². The zero-order valence-corrected chi connectivity index (χ0v) is 14.1. The summed E-state index contributed by atoms with van der Waals surface area (Å²) < 4.78 is 14.9. The van der Waals surface area contributed by atoms with Gasteiger partial charge in [0.1, 0.15) is 12.4 Å². The molecular formula is C12H15FI2N2O. The number of rotatable bonds is 3. The number of hydrogen-bond acceptors (Lipinski definition) is 3. The lowest BCUT2D eigenvalue weighted by Crippen LogP contribution is -2.45. The molecule has 1 heterocycles. The van der Waals surface area contributed by atoms with Crippen LogP contribution in [-0.2, 0) is 0 Å². The molecule has 1 aromatic carbocycles. The van der Waals surface area contributed by atoms with Gasteiger partial charge in [0.2, 0.25) is 0 Å². The van der Waals surface area contributed by atoms with Gasteiger partial charge >= 0.3 is 0 Å². The number of alkyl halides is 1. The Morgan fingerprint density at radius 2 is 1.83 bits per heavy atom. The normalized spacial score (nSPS) is 18.8. The summed E-state index contributed by atoms with van der Waals surface area (Å²) in [5, 5.41) is 13.0. The minimum absolute atomic E-state index is 0.199. The Labute approximate surface area is 133 Å². The predicted molar refractivity (Wildman–Crippen MR) is 86.7 cm³/mol. The summed E-state index contributed by atoms with van der Waals surface area (Å²) in [6, 6.07) is 3.56. The highest BCUT2D eigenvalue weighted by atomic mass is 127. The third-order valence-electron chi connectivity index (χ3n) is 3.16. The number of phenolic OH excluding ortho intramolecular Hbond substituents is 1. The number of benzene rings is 1. The molecule has 0 amide bonds. The van der Waals surface area contributed by atoms with Crippen LogP contribution in [-0.4, -0.2) is 42.9 Å². The van der Waals surface area contributed by atoms with E-state index in [1.165, 1.54) is 0 Å². The summed E-state index contributed by atoms with van der Waals surface area (Å²) in [5.74, 6) is 0.290. The summed E-state index contributed by atoms with van der Waals surface area (Å²) in [6.45, 7) is 3.15. The molecule has 18 heavy (non-hydrogen) atoms. The molecule has 1 saturated heterocycles. The molecule has 1 aromatic rings. The monoisotopic (exact) mass is 476 g/mol. The van der Waals surface area contributed by atoms with Gasteiger partial charge in [0.25, 0.3) is 0 Å². The number of hydrogen-bond donors (Lipinski definition) is 2. The first-order chi connectivity index (χ1) is 8.63. The van der Waals surface area contributed by atoms with E-state index in [0.717, 1.165) is 38.9 Å². The molecular weight excluding hydrogens is 461 g/mol. The smallest absolute Gasteiger partial charge is 0.142 e. The molecule has 0 bridgehead atoms. The quantitative estimate of drug-likeness (QED) is 0.659. The standard InChI is InChI=1S/C12H15FI2N2O/c13-7-11(17-3-1-16-2-4-17)8-5-9(14)12(18)10(15)6-8/h5-6,11,16,18H,1-4,7H2/t11-/m0/s1. The van der Waals surface area contributed by atoms with E-state index in [-0.39, 0.29) is 11.8 Å². The number of piperazine rings is 1. The summed E-state index contributed by atoms with van der Waals surface area (Å²) >= 11 is 4.18. The number of aromatic hydroxyl groups is 1. The number of nitrogens with one attached hydrogen (secondary N) is 1. The number of phenols is 1. The minimum Gasteiger partial charge on any atom is -0.506 e. The SMILES string of the molecule is Oc1c(I)cc([C@H](CF)N2CCNCC2)cc1I. The van der Waals surface area contributed by atoms with Crippen molar-refractivity contribution in [1.29, 1.82) is 0 Å². The second-order valence-corrected chi connectivity index (χ2v) is 6.61. The molecule has 2 N–H and O–H groups in total. The van der Waals surface area contributed by atoms with E-state index in [1.54, 1.807) is 0 Å². The van der Waals surface area contributed by atoms with E-state index in [4.69, 9.17) is 0 Å². The Morgan fingerprint density at radius 3 is 2.33 bits per heavy atom. The van der Waals surface area contributed by atoms with Crippen LogP contribution in [0.2, 0.25) is 0 Å². The zero-order chi connectivity index (χ0) is 13.1. The highest BCUT2D eigenvalue weighted by Gasteiger charge is 2.23. The maximum absolute atomic E-state index is 13.4. The Hall–Kier alpha value is 0.330. The van der Waals surface area contributed by atoms with E-state index in [1.807, 2.05) is 12.1 Å². The Balaban J connectivity index is 2.26. The molecule has 0 saturated carbocycles. The van der Waals surface area contributed by atoms with Gasteiger partial charge in [-0.1, -0.05) is 0 Å². The van der Waals surface area contributed by atoms with Crippen molar-refractivity contribution in [2.75, 3.05) is 32.9 Å². The van der Waals surface area contributed by atoms with Crippen molar-refractivity contribution in [3.63, 3.8) is 0 Å². The minimum atomic E-state index is -0.392. The predicted octanol–water partition coefficient (Wildman–Crippen LogP) is 2.52. The van der Waals surface area contributed by atoms with Gasteiger partial charge in [-0.2, -0.15) is 0 Å². The van der Waals surface area contributed by atoms with Crippen molar-refractivity contribution in [2.45, 2.75) is 6.04 Å². The van der Waals surface area contributed by atoms with Crippen LogP contribution >= 0.6 is 45.2 Å². The van der Waals surface area contributed by atoms with Crippen LogP contribution in [0, 0.1) is 7.14 Å². The third kappa shape index (κ3) is 3.26. The molecule has 2 rings (SSSR count). The highest BCUT2D eigenvalue weighted by molar-refractivity contribution is 14.1. The zero-order valence-electron chi connectivity index (χ0n) is 9.80. The fourth-order valence-corrected chi connectivity index (χ4v) is 3.99. The lowest BCUT2D eigenvalue weighted by Gasteiger charge is -2.33. The van der Waals surface area contributed by atoms with Crippen molar-refractivity contribution in [1.82, 2.24) is 10.2 Å². The maximum Gasteiger partial charge on any atom is 0.142 e. The van der Waals surface area contributed by atoms with Crippen LogP contribution in [0.1, 0.15) is 11.6 Å². The highest BCUT2D eigenvalue weighted by Crippen LogP contribution is 2.32. The average molecular weight is 476 g/mol. The topological polar surface area (TPSA) is 35.5 Å². The van der Waals surface area contributed by atoms with Crippen molar-refractivity contribution in [3.05, 3.63) is 24.8 Å². The first-order valence-corrected chi connectivity index (χ1v) is 7.98. The summed E-state index contributed by atoms with van der Waals surface area (Å²) in [5.41, 5.74) is 0.950. The van der Waals surface area contributed by atoms with E-state index < -0.39 is 6.67 Å². The van der Waals surface area contributed by atoms with Gasteiger partial charge in [-0.25, -0.2) is 4.39 Å². The molecule has 0 radical (unpaired) electrons. The second kappa shape index (κ2) is 6.67. The third-order valence-corrected chi connectivity index (χ3v) is 4.81. The summed E-state index contributed by atoms with van der Waals surface area (Å²) in [7, 11) is 0. The van der Waals surface area contributed by atoms with Gasteiger partial charge in [0.15, 0.2) is 0 Å². The van der Waals surface area contributed by atoms with Crippen LogP contribution in [0.5, 0.6) is 5.75 Å². The van der Waals surface area contributed by atoms with Gasteiger partial charge < -0.3 is 10.4 Å². The van der Waals surface area contributed by atoms with Crippen LogP contribution in [0.25, 0.3) is 0 Å². The Kier molecular flexibility index (Phi) is 5.46. The lowest BCUT2D eigenvalue weighted by atomic mass is 10.1. The molecule has 0 spiro atoms. The van der Waals surface area contributed by atoms with E-state index >= 15 is 0 Å². The number of nitrogens with zero attached hydrogens (tertiary/aromatic N) is 1. The molecule has 3 nitrogen and oxygen atoms in total. The summed E-state index contributed by atoms with van der Waals surface area (Å²) in [4.78, 5) is 2.16. The molecule has 6 heteroatoms. The fraction of sp³-hybridized carbons (Fsp3) is 0.500. The largest absolute Gasteiger partial charge is 0.506 e. The van der Waals surface area contributed by atoms with Crippen molar-refractivity contribution in [3.8, 4) is 5.75 Å². The molecule has 100 valence electrons. The molecule has 0 aromatic heterocycles. The van der Waals surface area contributed by atoms with Crippen LogP contribution < -0.4 is 5.32 Å². The Bertz CT molecular complexity index is 402. The molecule has 0 aliphatic carbocycles. The Morgan fingerprint density at radius 1 is 1.28 bits per heavy atom. The average Bonchev–Trinajstić information content (AvgIpc) is 2.38. The first-order valence-electron chi connectivity index (χ1n) is 5.82. The molecule has 1 atom stereocenters. The van der Waals surface area contributed by atoms with Crippen LogP contribution in [0.3, 0.4) is 0 Å². The maximum atomic E-state index is 13.4. The van der Waals surface area contributed by atoms with Gasteiger partial charge in [-0.3, -0.25) is 4.90 Å².